The van der Waals surface area contributed by atoms with Crippen LogP contribution < -0.4 is 5.73 Å². The van der Waals surface area contributed by atoms with Crippen LogP contribution >= 0.6 is 24.8 Å². The second kappa shape index (κ2) is 9.39. The van der Waals surface area contributed by atoms with Crippen molar-refractivity contribution in [3.05, 3.63) is 29.6 Å². The zero-order chi connectivity index (χ0) is 10.4. The van der Waals surface area contributed by atoms with Gasteiger partial charge in [-0.25, -0.2) is 0 Å². The fraction of sp³-hybridized carbons (Fsp3) is 0.400. The predicted molar refractivity (Wildman–Crippen MR) is 67.0 cm³/mol. The van der Waals surface area contributed by atoms with E-state index in [0.717, 1.165) is 11.3 Å². The summed E-state index contributed by atoms with van der Waals surface area (Å²) in [6, 6.07) is 3.60. The number of halogens is 2. The topological polar surface area (TPSA) is 65.2 Å². The van der Waals surface area contributed by atoms with E-state index in [0.29, 0.717) is 13.2 Å². The van der Waals surface area contributed by atoms with Gasteiger partial charge in [-0.15, -0.1) is 24.8 Å². The SMILES string of the molecule is CCOC(=O)Cc1ccnc(CN)c1.Cl.Cl. The second-order valence-electron chi connectivity index (χ2n) is 2.84. The maximum absolute atomic E-state index is 11.1. The largest absolute Gasteiger partial charge is 0.466 e. The average Bonchev–Trinajstić information content (AvgIpc) is 2.18. The highest BCUT2D eigenvalue weighted by molar-refractivity contribution is 5.85. The van der Waals surface area contributed by atoms with Crippen LogP contribution in [0.15, 0.2) is 18.3 Å². The number of nitrogens with zero attached hydrogens (tertiary/aromatic N) is 1. The number of hydrogen-bond acceptors (Lipinski definition) is 4. The molecule has 0 aliphatic rings. The highest BCUT2D eigenvalue weighted by Gasteiger charge is 2.04. The first-order valence-corrected chi connectivity index (χ1v) is 4.55. The Kier molecular flexibility index (Phi) is 10.3. The molecule has 1 rings (SSSR count). The Morgan fingerprint density at radius 2 is 2.19 bits per heavy atom. The smallest absolute Gasteiger partial charge is 0.310 e. The molecule has 0 unspecified atom stereocenters. The molecule has 1 heterocycles. The van der Waals surface area contributed by atoms with Gasteiger partial charge in [0, 0.05) is 12.7 Å². The van der Waals surface area contributed by atoms with Crippen molar-refractivity contribution in [2.45, 2.75) is 19.9 Å². The van der Waals surface area contributed by atoms with Crippen LogP contribution in [-0.2, 0) is 22.5 Å². The Balaban J connectivity index is 0. The summed E-state index contributed by atoms with van der Waals surface area (Å²) in [4.78, 5) is 15.2. The number of carbonyl (C=O) groups is 1. The molecular weight excluding hydrogens is 251 g/mol. The minimum absolute atomic E-state index is 0. The van der Waals surface area contributed by atoms with Gasteiger partial charge in [-0.3, -0.25) is 9.78 Å². The van der Waals surface area contributed by atoms with Crippen LogP contribution in [0.5, 0.6) is 0 Å². The van der Waals surface area contributed by atoms with Crippen molar-refractivity contribution in [2.75, 3.05) is 6.61 Å². The van der Waals surface area contributed by atoms with Crippen LogP contribution in [0.2, 0.25) is 0 Å². The average molecular weight is 267 g/mol. The molecule has 0 saturated heterocycles. The molecule has 0 aliphatic carbocycles. The van der Waals surface area contributed by atoms with Crippen LogP contribution in [0.4, 0.5) is 0 Å². The van der Waals surface area contributed by atoms with Gasteiger partial charge in [0.15, 0.2) is 0 Å². The molecule has 0 spiro atoms. The number of ether oxygens (including phenoxy) is 1. The molecule has 0 fully saturated rings. The lowest BCUT2D eigenvalue weighted by Gasteiger charge is -2.02. The van der Waals surface area contributed by atoms with E-state index in [4.69, 9.17) is 10.5 Å². The highest BCUT2D eigenvalue weighted by atomic mass is 35.5. The maximum Gasteiger partial charge on any atom is 0.310 e. The molecule has 4 nitrogen and oxygen atoms in total. The number of hydrogen-bond donors (Lipinski definition) is 1. The Labute approximate surface area is 107 Å². The molecule has 16 heavy (non-hydrogen) atoms. The monoisotopic (exact) mass is 266 g/mol. The molecule has 1 aromatic heterocycles. The van der Waals surface area contributed by atoms with Crippen molar-refractivity contribution >= 4 is 30.8 Å². The molecule has 2 N–H and O–H groups in total. The fourth-order valence-electron chi connectivity index (χ4n) is 1.13. The summed E-state index contributed by atoms with van der Waals surface area (Å²) in [6.45, 7) is 2.58. The van der Waals surface area contributed by atoms with E-state index in [2.05, 4.69) is 4.98 Å². The molecule has 0 radical (unpaired) electrons. The Hall–Kier alpha value is -0.840. The quantitative estimate of drug-likeness (QED) is 0.839. The van der Waals surface area contributed by atoms with Crippen LogP contribution in [0.3, 0.4) is 0 Å². The number of nitrogens with two attached hydrogens (primary N) is 1. The minimum atomic E-state index is -0.221. The van der Waals surface area contributed by atoms with Crippen molar-refractivity contribution < 1.29 is 9.53 Å². The van der Waals surface area contributed by atoms with Crippen molar-refractivity contribution in [3.63, 3.8) is 0 Å². The summed E-state index contributed by atoms with van der Waals surface area (Å²) in [6.07, 6.45) is 1.93. The molecule has 6 heteroatoms. The number of rotatable bonds is 4. The Morgan fingerprint density at radius 3 is 2.75 bits per heavy atom. The molecule has 0 amide bonds. The highest BCUT2D eigenvalue weighted by Crippen LogP contribution is 2.03. The van der Waals surface area contributed by atoms with E-state index in [1.807, 2.05) is 6.07 Å². The van der Waals surface area contributed by atoms with E-state index in [1.165, 1.54) is 0 Å². The Morgan fingerprint density at radius 1 is 1.50 bits per heavy atom. The van der Waals surface area contributed by atoms with Gasteiger partial charge < -0.3 is 10.5 Å². The second-order valence-corrected chi connectivity index (χ2v) is 2.84. The van der Waals surface area contributed by atoms with Crippen LogP contribution in [0, 0.1) is 0 Å². The lowest BCUT2D eigenvalue weighted by atomic mass is 10.1. The molecular formula is C10H16Cl2N2O2. The summed E-state index contributed by atoms with van der Waals surface area (Å²) in [5.74, 6) is -0.221. The van der Waals surface area contributed by atoms with Crippen LogP contribution in [-0.4, -0.2) is 17.6 Å². The number of esters is 1. The number of aromatic nitrogens is 1. The normalized spacial score (nSPS) is 8.62. The first-order valence-electron chi connectivity index (χ1n) is 4.55. The molecule has 0 aliphatic heterocycles. The zero-order valence-corrected chi connectivity index (χ0v) is 10.6. The summed E-state index contributed by atoms with van der Waals surface area (Å²) in [5, 5.41) is 0. The van der Waals surface area contributed by atoms with Gasteiger partial charge in [-0.1, -0.05) is 0 Å². The minimum Gasteiger partial charge on any atom is -0.466 e. The number of carbonyl (C=O) groups excluding carboxylic acids is 1. The lowest BCUT2D eigenvalue weighted by Crippen LogP contribution is -2.08. The third-order valence-corrected chi connectivity index (χ3v) is 1.74. The third-order valence-electron chi connectivity index (χ3n) is 1.74. The van der Waals surface area contributed by atoms with E-state index >= 15 is 0 Å². The van der Waals surface area contributed by atoms with Crippen LogP contribution in [0.1, 0.15) is 18.2 Å². The van der Waals surface area contributed by atoms with Crippen molar-refractivity contribution in [1.82, 2.24) is 4.98 Å². The van der Waals surface area contributed by atoms with Gasteiger partial charge in [0.2, 0.25) is 0 Å². The van der Waals surface area contributed by atoms with Gasteiger partial charge in [0.1, 0.15) is 0 Å². The summed E-state index contributed by atoms with van der Waals surface area (Å²) >= 11 is 0. The van der Waals surface area contributed by atoms with E-state index < -0.39 is 0 Å². The fourth-order valence-corrected chi connectivity index (χ4v) is 1.13. The zero-order valence-electron chi connectivity index (χ0n) is 9.01. The summed E-state index contributed by atoms with van der Waals surface area (Å²) < 4.78 is 4.83. The van der Waals surface area contributed by atoms with Crippen molar-refractivity contribution in [3.8, 4) is 0 Å². The maximum atomic E-state index is 11.1. The van der Waals surface area contributed by atoms with E-state index in [-0.39, 0.29) is 37.2 Å². The van der Waals surface area contributed by atoms with Crippen molar-refractivity contribution in [1.29, 1.82) is 0 Å². The van der Waals surface area contributed by atoms with Gasteiger partial charge in [-0.2, -0.15) is 0 Å². The standard InChI is InChI=1S/C10H14N2O2.2ClH/c1-2-14-10(13)6-8-3-4-12-9(5-8)7-11;;/h3-5H,2,6-7,11H2,1H3;2*1H. The van der Waals surface area contributed by atoms with Gasteiger partial charge in [-0.05, 0) is 24.6 Å². The first kappa shape index (κ1) is 17.6. The van der Waals surface area contributed by atoms with E-state index in [1.54, 1.807) is 19.2 Å². The summed E-state index contributed by atoms with van der Waals surface area (Å²) in [7, 11) is 0. The predicted octanol–water partition coefficient (Wildman–Crippen LogP) is 1.49. The van der Waals surface area contributed by atoms with Crippen LogP contribution in [0.25, 0.3) is 0 Å². The van der Waals surface area contributed by atoms with E-state index in [9.17, 15) is 4.79 Å². The summed E-state index contributed by atoms with van der Waals surface area (Å²) in [5.41, 5.74) is 7.10. The molecule has 0 aromatic carbocycles. The molecule has 0 atom stereocenters. The lowest BCUT2D eigenvalue weighted by molar-refractivity contribution is -0.142. The third kappa shape index (κ3) is 5.90. The van der Waals surface area contributed by atoms with Crippen molar-refractivity contribution in [2.24, 2.45) is 5.73 Å². The molecule has 0 saturated carbocycles. The van der Waals surface area contributed by atoms with Gasteiger partial charge in [0.05, 0.1) is 18.7 Å². The first-order chi connectivity index (χ1) is 6.76. The molecule has 1 aromatic rings. The molecule has 0 bridgehead atoms. The Bertz CT molecular complexity index is 321. The van der Waals surface area contributed by atoms with Gasteiger partial charge in [0.25, 0.3) is 0 Å². The molecule has 92 valence electrons. The number of pyridine rings is 1. The van der Waals surface area contributed by atoms with Gasteiger partial charge >= 0.3 is 5.97 Å².